The van der Waals surface area contributed by atoms with Crippen molar-refractivity contribution in [3.63, 3.8) is 0 Å². The second kappa shape index (κ2) is 5.47. The lowest BCUT2D eigenvalue weighted by Gasteiger charge is -2.34. The number of ether oxygens (including phenoxy) is 1. The van der Waals surface area contributed by atoms with Crippen molar-refractivity contribution >= 4 is 23.3 Å². The Morgan fingerprint density at radius 3 is 2.76 bits per heavy atom. The molecule has 1 amide bonds. The zero-order valence-electron chi connectivity index (χ0n) is 10.1. The highest BCUT2D eigenvalue weighted by Crippen LogP contribution is 2.13. The first-order valence-corrected chi connectivity index (χ1v) is 6.69. The third-order valence-corrected chi connectivity index (χ3v) is 3.50. The van der Waals surface area contributed by atoms with E-state index in [-0.39, 0.29) is 18.1 Å². The summed E-state index contributed by atoms with van der Waals surface area (Å²) in [4.78, 5) is 14.9. The molecule has 3 nitrogen and oxygen atoms in total. The van der Waals surface area contributed by atoms with Crippen molar-refractivity contribution in [1.82, 2.24) is 4.90 Å². The molecule has 1 aromatic rings. The van der Waals surface area contributed by atoms with E-state index in [1.54, 1.807) is 17.4 Å². The van der Waals surface area contributed by atoms with E-state index in [4.69, 9.17) is 4.74 Å². The fraction of sp³-hybridized carbons (Fsp3) is 0.462. The van der Waals surface area contributed by atoms with Gasteiger partial charge in [0.05, 0.1) is 12.2 Å². The van der Waals surface area contributed by atoms with Gasteiger partial charge < -0.3 is 9.64 Å². The molecule has 0 N–H and O–H groups in total. The Morgan fingerprint density at radius 2 is 2.18 bits per heavy atom. The number of carbonyl (C=O) groups is 1. The topological polar surface area (TPSA) is 29.5 Å². The molecule has 1 saturated heterocycles. The second-order valence-corrected chi connectivity index (χ2v) is 5.33. The van der Waals surface area contributed by atoms with Gasteiger partial charge in [-0.3, -0.25) is 4.79 Å². The first-order valence-electron chi connectivity index (χ1n) is 5.81. The lowest BCUT2D eigenvalue weighted by molar-refractivity contribution is -0.137. The van der Waals surface area contributed by atoms with Crippen molar-refractivity contribution in [2.24, 2.45) is 0 Å². The highest BCUT2D eigenvalue weighted by molar-refractivity contribution is 7.10. The molecule has 2 rings (SSSR count). The molecule has 2 atom stereocenters. The van der Waals surface area contributed by atoms with Crippen molar-refractivity contribution in [2.45, 2.75) is 26.1 Å². The molecule has 2 unspecified atom stereocenters. The van der Waals surface area contributed by atoms with Crippen molar-refractivity contribution < 1.29 is 9.53 Å². The van der Waals surface area contributed by atoms with E-state index in [9.17, 15) is 4.79 Å². The third-order valence-electron chi connectivity index (χ3n) is 2.66. The van der Waals surface area contributed by atoms with E-state index >= 15 is 0 Å². The molecule has 17 heavy (non-hydrogen) atoms. The maximum Gasteiger partial charge on any atom is 0.246 e. The molecule has 0 radical (unpaired) electrons. The quantitative estimate of drug-likeness (QED) is 0.755. The number of hydrogen-bond acceptors (Lipinski definition) is 3. The molecule has 1 aromatic heterocycles. The molecule has 0 saturated carbocycles. The molecule has 4 heteroatoms. The van der Waals surface area contributed by atoms with E-state index in [0.717, 1.165) is 4.88 Å². The minimum Gasteiger partial charge on any atom is -0.372 e. The van der Waals surface area contributed by atoms with E-state index in [1.165, 1.54) is 0 Å². The molecule has 1 fully saturated rings. The second-order valence-electron chi connectivity index (χ2n) is 4.35. The molecule has 1 aliphatic heterocycles. The fourth-order valence-electron chi connectivity index (χ4n) is 2.00. The summed E-state index contributed by atoms with van der Waals surface area (Å²) in [6.07, 6.45) is 3.77. The first-order chi connectivity index (χ1) is 8.15. The van der Waals surface area contributed by atoms with Crippen LogP contribution in [0.1, 0.15) is 18.7 Å². The highest BCUT2D eigenvalue weighted by atomic mass is 32.1. The average Bonchev–Trinajstić information content (AvgIpc) is 2.77. The van der Waals surface area contributed by atoms with Gasteiger partial charge in [0, 0.05) is 24.0 Å². The minimum atomic E-state index is 0.0698. The van der Waals surface area contributed by atoms with Crippen molar-refractivity contribution in [1.29, 1.82) is 0 Å². The van der Waals surface area contributed by atoms with Crippen LogP contribution in [0, 0.1) is 0 Å². The number of thiophene rings is 1. The lowest BCUT2D eigenvalue weighted by Crippen LogP contribution is -2.47. The number of amides is 1. The molecule has 0 bridgehead atoms. The Labute approximate surface area is 106 Å². The van der Waals surface area contributed by atoms with Gasteiger partial charge in [-0.1, -0.05) is 6.07 Å². The van der Waals surface area contributed by atoms with Crippen LogP contribution < -0.4 is 0 Å². The standard InChI is InChI=1S/C13H17NO2S/c1-10-8-14(9-11(2)16-10)13(15)6-5-12-4-3-7-17-12/h3-7,10-11H,8-9H2,1-2H3/b6-5+. The number of morpholine rings is 1. The highest BCUT2D eigenvalue weighted by Gasteiger charge is 2.24. The van der Waals surface area contributed by atoms with Crippen LogP contribution in [-0.4, -0.2) is 36.1 Å². The Hall–Kier alpha value is -1.13. The summed E-state index contributed by atoms with van der Waals surface area (Å²) in [5.74, 6) is 0.0698. The maximum absolute atomic E-state index is 12.0. The van der Waals surface area contributed by atoms with Crippen LogP contribution in [0.15, 0.2) is 23.6 Å². The van der Waals surface area contributed by atoms with E-state index < -0.39 is 0 Å². The zero-order valence-corrected chi connectivity index (χ0v) is 10.9. The van der Waals surface area contributed by atoms with Gasteiger partial charge in [-0.15, -0.1) is 11.3 Å². The largest absolute Gasteiger partial charge is 0.372 e. The number of hydrogen-bond donors (Lipinski definition) is 0. The summed E-state index contributed by atoms with van der Waals surface area (Å²) >= 11 is 1.63. The Bertz CT molecular complexity index is 390. The molecule has 2 heterocycles. The summed E-state index contributed by atoms with van der Waals surface area (Å²) < 4.78 is 5.60. The molecule has 92 valence electrons. The molecule has 0 spiro atoms. The van der Waals surface area contributed by atoms with E-state index in [0.29, 0.717) is 13.1 Å². The summed E-state index contributed by atoms with van der Waals surface area (Å²) in [6, 6.07) is 3.98. The van der Waals surface area contributed by atoms with Crippen LogP contribution >= 0.6 is 11.3 Å². The average molecular weight is 251 g/mol. The van der Waals surface area contributed by atoms with Gasteiger partial charge >= 0.3 is 0 Å². The minimum absolute atomic E-state index is 0.0698. The van der Waals surface area contributed by atoms with Crippen molar-refractivity contribution in [3.05, 3.63) is 28.5 Å². The van der Waals surface area contributed by atoms with Crippen molar-refractivity contribution in [2.75, 3.05) is 13.1 Å². The number of rotatable bonds is 2. The monoisotopic (exact) mass is 251 g/mol. The van der Waals surface area contributed by atoms with Crippen LogP contribution in [0.25, 0.3) is 6.08 Å². The summed E-state index contributed by atoms with van der Waals surface area (Å²) in [6.45, 7) is 5.35. The van der Waals surface area contributed by atoms with Crippen LogP contribution in [0.3, 0.4) is 0 Å². The normalized spacial score (nSPS) is 25.4. The molecule has 0 aromatic carbocycles. The summed E-state index contributed by atoms with van der Waals surface area (Å²) in [5.41, 5.74) is 0. The molecular weight excluding hydrogens is 234 g/mol. The summed E-state index contributed by atoms with van der Waals surface area (Å²) in [7, 11) is 0. The van der Waals surface area contributed by atoms with E-state index in [1.807, 2.05) is 42.3 Å². The van der Waals surface area contributed by atoms with Gasteiger partial charge in [0.15, 0.2) is 0 Å². The predicted molar refractivity (Wildman–Crippen MR) is 69.9 cm³/mol. The van der Waals surface area contributed by atoms with Crippen LogP contribution in [0.5, 0.6) is 0 Å². The molecule has 0 aliphatic carbocycles. The van der Waals surface area contributed by atoms with Crippen molar-refractivity contribution in [3.8, 4) is 0 Å². The number of carbonyl (C=O) groups excluding carboxylic acids is 1. The maximum atomic E-state index is 12.0. The zero-order chi connectivity index (χ0) is 12.3. The van der Waals surface area contributed by atoms with Gasteiger partial charge in [0.25, 0.3) is 0 Å². The van der Waals surface area contributed by atoms with Gasteiger partial charge in [-0.2, -0.15) is 0 Å². The SMILES string of the molecule is CC1CN(C(=O)/C=C/c2cccs2)CC(C)O1. The molecule has 1 aliphatic rings. The number of nitrogens with zero attached hydrogens (tertiary/aromatic N) is 1. The smallest absolute Gasteiger partial charge is 0.246 e. The van der Waals surface area contributed by atoms with Crippen LogP contribution in [-0.2, 0) is 9.53 Å². The Balaban J connectivity index is 1.95. The van der Waals surface area contributed by atoms with E-state index in [2.05, 4.69) is 0 Å². The molecular formula is C13H17NO2S. The van der Waals surface area contributed by atoms with Gasteiger partial charge in [-0.05, 0) is 31.4 Å². The fourth-order valence-corrected chi connectivity index (χ4v) is 2.62. The van der Waals surface area contributed by atoms with Gasteiger partial charge in [0.1, 0.15) is 0 Å². The van der Waals surface area contributed by atoms with Crippen LogP contribution in [0.4, 0.5) is 0 Å². The lowest BCUT2D eigenvalue weighted by atomic mass is 10.2. The predicted octanol–water partition coefficient (Wildman–Crippen LogP) is 2.40. The van der Waals surface area contributed by atoms with Crippen LogP contribution in [0.2, 0.25) is 0 Å². The third kappa shape index (κ3) is 3.41. The van der Waals surface area contributed by atoms with Gasteiger partial charge in [-0.25, -0.2) is 0 Å². The Morgan fingerprint density at radius 1 is 1.47 bits per heavy atom. The first kappa shape index (κ1) is 12.3. The Kier molecular flexibility index (Phi) is 3.97. The van der Waals surface area contributed by atoms with Gasteiger partial charge in [0.2, 0.25) is 5.91 Å². The summed E-state index contributed by atoms with van der Waals surface area (Å²) in [5, 5.41) is 2.00.